The van der Waals surface area contributed by atoms with Crippen molar-refractivity contribution in [3.05, 3.63) is 34.9 Å². The molecule has 0 spiro atoms. The zero-order chi connectivity index (χ0) is 12.3. The van der Waals surface area contributed by atoms with Gasteiger partial charge in [-0.25, -0.2) is 0 Å². The summed E-state index contributed by atoms with van der Waals surface area (Å²) in [5, 5.41) is 0.813. The fraction of sp³-hybridized carbons (Fsp3) is 0.538. The van der Waals surface area contributed by atoms with Gasteiger partial charge >= 0.3 is 0 Å². The molecule has 1 aromatic carbocycles. The molecule has 0 radical (unpaired) electrons. The van der Waals surface area contributed by atoms with Crippen LogP contribution in [0, 0.1) is 0 Å². The molecule has 1 aromatic rings. The second-order valence-electron chi connectivity index (χ2n) is 4.93. The normalized spacial score (nSPS) is 24.5. The van der Waals surface area contributed by atoms with E-state index < -0.39 is 0 Å². The molecule has 2 rings (SSSR count). The van der Waals surface area contributed by atoms with Crippen LogP contribution in [0.5, 0.6) is 0 Å². The number of ether oxygens (including phenoxy) is 1. The Kier molecular flexibility index (Phi) is 4.05. The van der Waals surface area contributed by atoms with Crippen molar-refractivity contribution >= 4 is 11.6 Å². The molecule has 0 bridgehead atoms. The molecular formula is C13H19ClN2O. The lowest BCUT2D eigenvalue weighted by Crippen LogP contribution is -2.49. The van der Waals surface area contributed by atoms with Gasteiger partial charge in [-0.1, -0.05) is 29.8 Å². The van der Waals surface area contributed by atoms with Crippen LogP contribution < -0.4 is 5.73 Å². The first-order valence-electron chi connectivity index (χ1n) is 5.88. The van der Waals surface area contributed by atoms with Crippen LogP contribution in [0.15, 0.2) is 24.3 Å². The third-order valence-electron chi connectivity index (χ3n) is 3.12. The smallest absolute Gasteiger partial charge is 0.0659 e. The van der Waals surface area contributed by atoms with Gasteiger partial charge in [0.05, 0.1) is 12.1 Å². The zero-order valence-electron chi connectivity index (χ0n) is 10.2. The Bertz CT molecular complexity index is 377. The third kappa shape index (κ3) is 3.42. The van der Waals surface area contributed by atoms with E-state index in [0.717, 1.165) is 36.7 Å². The molecule has 1 fully saturated rings. The molecule has 0 saturated carbocycles. The first kappa shape index (κ1) is 12.8. The van der Waals surface area contributed by atoms with Crippen LogP contribution >= 0.6 is 11.6 Å². The summed E-state index contributed by atoms with van der Waals surface area (Å²) in [5.74, 6) is 0. The van der Waals surface area contributed by atoms with E-state index in [0.29, 0.717) is 6.61 Å². The minimum atomic E-state index is -0.198. The molecule has 0 aromatic heterocycles. The van der Waals surface area contributed by atoms with E-state index in [1.165, 1.54) is 0 Å². The van der Waals surface area contributed by atoms with E-state index in [2.05, 4.69) is 11.9 Å². The molecule has 0 amide bonds. The van der Waals surface area contributed by atoms with Crippen LogP contribution in [0.4, 0.5) is 0 Å². The highest BCUT2D eigenvalue weighted by molar-refractivity contribution is 6.31. The molecule has 1 atom stereocenters. The molecule has 3 nitrogen and oxygen atoms in total. The maximum atomic E-state index is 6.25. The van der Waals surface area contributed by atoms with Gasteiger partial charge in [0.2, 0.25) is 0 Å². The molecule has 1 heterocycles. The van der Waals surface area contributed by atoms with E-state index in [9.17, 15) is 0 Å². The Balaban J connectivity index is 1.93. The third-order valence-corrected chi connectivity index (χ3v) is 3.49. The minimum Gasteiger partial charge on any atom is -0.379 e. The number of rotatable bonds is 4. The van der Waals surface area contributed by atoms with Crippen LogP contribution in [-0.4, -0.2) is 37.2 Å². The van der Waals surface area contributed by atoms with E-state index in [-0.39, 0.29) is 5.54 Å². The fourth-order valence-electron chi connectivity index (χ4n) is 2.26. The highest BCUT2D eigenvalue weighted by Crippen LogP contribution is 2.20. The van der Waals surface area contributed by atoms with Gasteiger partial charge in [0, 0.05) is 24.7 Å². The first-order chi connectivity index (χ1) is 8.09. The van der Waals surface area contributed by atoms with Gasteiger partial charge in [-0.3, -0.25) is 0 Å². The lowest BCUT2D eigenvalue weighted by molar-refractivity contribution is 0.159. The van der Waals surface area contributed by atoms with Gasteiger partial charge < -0.3 is 15.4 Å². The number of hydrogen-bond acceptors (Lipinski definition) is 3. The summed E-state index contributed by atoms with van der Waals surface area (Å²) in [7, 11) is 2.07. The second-order valence-corrected chi connectivity index (χ2v) is 5.34. The summed E-state index contributed by atoms with van der Waals surface area (Å²) in [6, 6.07) is 7.92. The lowest BCUT2D eigenvalue weighted by atomic mass is 9.99. The van der Waals surface area contributed by atoms with Crippen molar-refractivity contribution in [2.24, 2.45) is 5.73 Å². The number of nitrogens with zero attached hydrogens (tertiary/aromatic N) is 1. The Labute approximate surface area is 107 Å². The summed E-state index contributed by atoms with van der Waals surface area (Å²) < 4.78 is 5.36. The molecule has 1 aliphatic rings. The predicted molar refractivity (Wildman–Crippen MR) is 70.1 cm³/mol. The molecule has 2 N–H and O–H groups in total. The van der Waals surface area contributed by atoms with Gasteiger partial charge in [0.1, 0.15) is 0 Å². The quantitative estimate of drug-likeness (QED) is 0.892. The Morgan fingerprint density at radius 2 is 2.24 bits per heavy atom. The van der Waals surface area contributed by atoms with Gasteiger partial charge in [-0.2, -0.15) is 0 Å². The first-order valence-corrected chi connectivity index (χ1v) is 6.25. The average Bonchev–Trinajstić information content (AvgIpc) is 2.68. The molecule has 0 aliphatic carbocycles. The molecule has 1 saturated heterocycles. The van der Waals surface area contributed by atoms with Crippen LogP contribution in [-0.2, 0) is 11.3 Å². The van der Waals surface area contributed by atoms with Gasteiger partial charge in [-0.05, 0) is 25.1 Å². The predicted octanol–water partition coefficient (Wildman–Crippen LogP) is 1.89. The average molecular weight is 255 g/mol. The second kappa shape index (κ2) is 5.36. The van der Waals surface area contributed by atoms with Crippen molar-refractivity contribution in [1.82, 2.24) is 4.90 Å². The minimum absolute atomic E-state index is 0.198. The van der Waals surface area contributed by atoms with E-state index >= 15 is 0 Å². The van der Waals surface area contributed by atoms with E-state index in [1.54, 1.807) is 0 Å². The number of benzene rings is 1. The number of nitrogens with two attached hydrogens (primary N) is 1. The monoisotopic (exact) mass is 254 g/mol. The Morgan fingerprint density at radius 3 is 2.88 bits per heavy atom. The zero-order valence-corrected chi connectivity index (χ0v) is 10.9. The Hall–Kier alpha value is -0.610. The van der Waals surface area contributed by atoms with Crippen molar-refractivity contribution in [2.45, 2.75) is 18.5 Å². The summed E-state index contributed by atoms with van der Waals surface area (Å²) in [6.45, 7) is 3.08. The molecule has 4 heteroatoms. The maximum Gasteiger partial charge on any atom is 0.0659 e. The number of hydrogen-bond donors (Lipinski definition) is 1. The lowest BCUT2D eigenvalue weighted by Gasteiger charge is -2.28. The van der Waals surface area contributed by atoms with Crippen LogP contribution in [0.3, 0.4) is 0 Å². The summed E-state index contributed by atoms with van der Waals surface area (Å²) in [4.78, 5) is 2.20. The van der Waals surface area contributed by atoms with Crippen LogP contribution in [0.25, 0.3) is 0 Å². The molecule has 1 unspecified atom stereocenters. The van der Waals surface area contributed by atoms with Crippen molar-refractivity contribution in [3.8, 4) is 0 Å². The van der Waals surface area contributed by atoms with Crippen molar-refractivity contribution in [1.29, 1.82) is 0 Å². The van der Waals surface area contributed by atoms with Crippen molar-refractivity contribution in [2.75, 3.05) is 26.8 Å². The highest BCUT2D eigenvalue weighted by Gasteiger charge is 2.31. The van der Waals surface area contributed by atoms with E-state index in [4.69, 9.17) is 22.1 Å². The topological polar surface area (TPSA) is 38.5 Å². The highest BCUT2D eigenvalue weighted by atomic mass is 35.5. The summed E-state index contributed by atoms with van der Waals surface area (Å²) >= 11 is 6.14. The fourth-order valence-corrected chi connectivity index (χ4v) is 2.45. The molecule has 17 heavy (non-hydrogen) atoms. The van der Waals surface area contributed by atoms with Gasteiger partial charge in [-0.15, -0.1) is 0 Å². The maximum absolute atomic E-state index is 6.25. The number of halogens is 1. The van der Waals surface area contributed by atoms with Gasteiger partial charge in [0.25, 0.3) is 0 Å². The van der Waals surface area contributed by atoms with Crippen LogP contribution in [0.1, 0.15) is 12.0 Å². The van der Waals surface area contributed by atoms with E-state index in [1.807, 2.05) is 24.3 Å². The summed E-state index contributed by atoms with van der Waals surface area (Å²) in [6.07, 6.45) is 0.930. The SMILES string of the molecule is CN(Cc1ccccc1Cl)CC1(N)CCOC1. The standard InChI is InChI=1S/C13H19ClN2O/c1-16(9-13(15)6-7-17-10-13)8-11-4-2-3-5-12(11)14/h2-5H,6-10,15H2,1H3. The van der Waals surface area contributed by atoms with Gasteiger partial charge in [0.15, 0.2) is 0 Å². The van der Waals surface area contributed by atoms with Crippen molar-refractivity contribution in [3.63, 3.8) is 0 Å². The largest absolute Gasteiger partial charge is 0.379 e. The van der Waals surface area contributed by atoms with Crippen LogP contribution in [0.2, 0.25) is 5.02 Å². The molecule has 94 valence electrons. The Morgan fingerprint density at radius 1 is 1.47 bits per heavy atom. The molecular weight excluding hydrogens is 236 g/mol. The summed E-state index contributed by atoms with van der Waals surface area (Å²) in [5.41, 5.74) is 7.19. The molecule has 1 aliphatic heterocycles. The van der Waals surface area contributed by atoms with Crippen molar-refractivity contribution < 1.29 is 4.74 Å². The number of likely N-dealkylation sites (N-methyl/N-ethyl adjacent to an activating group) is 1.